The Balaban J connectivity index is 0.000000320. The normalized spacial score (nSPS) is 10.8. The molecule has 32 heavy (non-hydrogen) atoms. The zero-order valence-electron chi connectivity index (χ0n) is 18.8. The van der Waals surface area contributed by atoms with Gasteiger partial charge in [0.1, 0.15) is 0 Å². The first-order valence-corrected chi connectivity index (χ1v) is 10.3. The predicted octanol–water partition coefficient (Wildman–Crippen LogP) is 3.97. The van der Waals surface area contributed by atoms with Crippen LogP contribution in [0.2, 0.25) is 0 Å². The second kappa shape index (κ2) is 13.6. The minimum absolute atomic E-state index is 0.113. The number of hydrogen-bond donors (Lipinski definition) is 3. The van der Waals surface area contributed by atoms with Gasteiger partial charge in [-0.05, 0) is 48.7 Å². The van der Waals surface area contributed by atoms with Crippen molar-refractivity contribution in [1.29, 1.82) is 0 Å². The maximum absolute atomic E-state index is 11.2. The van der Waals surface area contributed by atoms with Crippen LogP contribution in [0, 0.1) is 0 Å². The molecule has 0 radical (unpaired) electrons. The number of esters is 1. The number of carboxylic acid groups (broad SMARTS) is 1. The number of benzene rings is 2. The van der Waals surface area contributed by atoms with Crippen LogP contribution in [0.4, 0.5) is 11.4 Å². The first kappa shape index (κ1) is 26.4. The van der Waals surface area contributed by atoms with Gasteiger partial charge in [0.05, 0.1) is 18.9 Å². The Bertz CT molecular complexity index is 905. The van der Waals surface area contributed by atoms with Gasteiger partial charge in [-0.3, -0.25) is 19.2 Å². The highest BCUT2D eigenvalue weighted by molar-refractivity contribution is 5.89. The van der Waals surface area contributed by atoms with Gasteiger partial charge < -0.3 is 20.5 Å². The van der Waals surface area contributed by atoms with Crippen LogP contribution in [0.5, 0.6) is 0 Å². The lowest BCUT2D eigenvalue weighted by molar-refractivity contribution is -0.142. The van der Waals surface area contributed by atoms with Crippen molar-refractivity contribution in [2.45, 2.75) is 46.5 Å². The molecule has 0 aromatic heterocycles. The van der Waals surface area contributed by atoms with Crippen LogP contribution in [0.15, 0.2) is 48.5 Å². The number of hydrogen-bond acceptors (Lipinski definition) is 5. The lowest BCUT2D eigenvalue weighted by Crippen LogP contribution is -2.11. The van der Waals surface area contributed by atoms with Crippen LogP contribution in [0.25, 0.3) is 0 Å². The summed E-state index contributed by atoms with van der Waals surface area (Å²) in [6.07, 6.45) is 0.809. The predicted molar refractivity (Wildman–Crippen MR) is 122 cm³/mol. The Morgan fingerprint density at radius 1 is 0.844 bits per heavy atom. The molecule has 8 nitrogen and oxygen atoms in total. The van der Waals surface area contributed by atoms with Crippen LogP contribution in [0.1, 0.15) is 51.2 Å². The van der Waals surface area contributed by atoms with Gasteiger partial charge in [-0.15, -0.1) is 0 Å². The molecule has 172 valence electrons. The molecule has 0 saturated carbocycles. The van der Waals surface area contributed by atoms with E-state index in [4.69, 9.17) is 9.84 Å². The summed E-state index contributed by atoms with van der Waals surface area (Å²) in [5, 5.41) is 14.3. The molecule has 0 heterocycles. The van der Waals surface area contributed by atoms with Gasteiger partial charge in [0, 0.05) is 25.2 Å². The molecule has 0 bridgehead atoms. The molecule has 2 rings (SSSR count). The summed E-state index contributed by atoms with van der Waals surface area (Å²) >= 11 is 0. The van der Waals surface area contributed by atoms with Crippen LogP contribution in [0.3, 0.4) is 0 Å². The first-order valence-electron chi connectivity index (χ1n) is 10.3. The van der Waals surface area contributed by atoms with E-state index >= 15 is 0 Å². The van der Waals surface area contributed by atoms with E-state index < -0.39 is 11.9 Å². The van der Waals surface area contributed by atoms with Gasteiger partial charge in [0.2, 0.25) is 11.8 Å². The number of amides is 2. The van der Waals surface area contributed by atoms with E-state index in [1.165, 1.54) is 13.8 Å². The summed E-state index contributed by atoms with van der Waals surface area (Å²) < 4.78 is 4.83. The fourth-order valence-corrected chi connectivity index (χ4v) is 2.84. The molecule has 1 unspecified atom stereocenters. The molecule has 3 N–H and O–H groups in total. The Hall–Kier alpha value is -3.68. The minimum atomic E-state index is -0.824. The number of nitrogens with one attached hydrogen (secondary N) is 2. The first-order chi connectivity index (χ1) is 15.2. The molecule has 0 fully saturated rings. The molecule has 2 amide bonds. The molecule has 0 aliphatic heterocycles. The van der Waals surface area contributed by atoms with Crippen molar-refractivity contribution in [2.24, 2.45) is 0 Å². The summed E-state index contributed by atoms with van der Waals surface area (Å²) in [4.78, 5) is 43.7. The second-order valence-electron chi connectivity index (χ2n) is 6.96. The van der Waals surface area contributed by atoms with Crippen molar-refractivity contribution in [3.63, 3.8) is 0 Å². The van der Waals surface area contributed by atoms with Crippen LogP contribution >= 0.6 is 0 Å². The van der Waals surface area contributed by atoms with Crippen LogP contribution in [-0.2, 0) is 30.3 Å². The van der Waals surface area contributed by atoms with E-state index in [9.17, 15) is 19.2 Å². The summed E-state index contributed by atoms with van der Waals surface area (Å²) in [5.74, 6) is -1.80. The number of carboxylic acids is 1. The van der Waals surface area contributed by atoms with Crippen molar-refractivity contribution < 1.29 is 29.0 Å². The minimum Gasteiger partial charge on any atom is -0.481 e. The maximum Gasteiger partial charge on any atom is 0.310 e. The van der Waals surface area contributed by atoms with Gasteiger partial charge in [-0.1, -0.05) is 31.2 Å². The maximum atomic E-state index is 11.2. The molecule has 0 aliphatic rings. The summed E-state index contributed by atoms with van der Waals surface area (Å²) in [7, 11) is 0. The van der Waals surface area contributed by atoms with Crippen molar-refractivity contribution >= 4 is 35.1 Å². The molecular weight excluding hydrogens is 412 g/mol. The summed E-state index contributed by atoms with van der Waals surface area (Å²) in [5.41, 5.74) is 3.02. The average molecular weight is 443 g/mol. The summed E-state index contributed by atoms with van der Waals surface area (Å²) in [6.45, 7) is 6.88. The summed E-state index contributed by atoms with van der Waals surface area (Å²) in [6, 6.07) is 14.0. The molecule has 1 atom stereocenters. The quantitative estimate of drug-likeness (QED) is 0.532. The third-order valence-corrected chi connectivity index (χ3v) is 4.27. The van der Waals surface area contributed by atoms with Crippen LogP contribution < -0.4 is 10.6 Å². The van der Waals surface area contributed by atoms with Gasteiger partial charge in [-0.25, -0.2) is 0 Å². The van der Waals surface area contributed by atoms with Crippen molar-refractivity contribution in [1.82, 2.24) is 0 Å². The molecule has 0 saturated heterocycles. The average Bonchev–Trinajstić information content (AvgIpc) is 2.71. The zero-order chi connectivity index (χ0) is 24.1. The number of rotatable bonds is 8. The lowest BCUT2D eigenvalue weighted by Gasteiger charge is -2.10. The lowest BCUT2D eigenvalue weighted by atomic mass is 9.96. The number of anilines is 2. The van der Waals surface area contributed by atoms with Crippen molar-refractivity contribution in [2.75, 3.05) is 17.2 Å². The number of ether oxygens (including phenoxy) is 1. The Kier molecular flexibility index (Phi) is 11.2. The Morgan fingerprint density at radius 2 is 1.31 bits per heavy atom. The van der Waals surface area contributed by atoms with E-state index in [1.807, 2.05) is 6.92 Å². The molecule has 0 spiro atoms. The van der Waals surface area contributed by atoms with Gasteiger partial charge >= 0.3 is 11.9 Å². The molecule has 2 aromatic carbocycles. The third-order valence-electron chi connectivity index (χ3n) is 4.27. The highest BCUT2D eigenvalue weighted by atomic mass is 16.5. The molecule has 2 aromatic rings. The van der Waals surface area contributed by atoms with E-state index in [0.29, 0.717) is 18.7 Å². The van der Waals surface area contributed by atoms with E-state index in [-0.39, 0.29) is 24.2 Å². The fraction of sp³-hybridized carbons (Fsp3) is 0.333. The smallest absolute Gasteiger partial charge is 0.310 e. The van der Waals surface area contributed by atoms with Crippen molar-refractivity contribution in [3.8, 4) is 0 Å². The number of aliphatic carboxylic acids is 1. The number of carbonyl (C=O) groups is 4. The SMILES string of the molecule is CCC(C(=O)O)c1ccc(NC(C)=O)cc1.CCOC(=O)Cc1ccc(NC(C)=O)cc1. The second-order valence-corrected chi connectivity index (χ2v) is 6.96. The highest BCUT2D eigenvalue weighted by Gasteiger charge is 2.16. The standard InChI is InChI=1S/2C12H15NO3/c1-3-16-12(15)8-10-4-6-11(7-5-10)13-9(2)14;1-3-11(12(15)16)9-4-6-10(7-5-9)13-8(2)14/h4-7H,3,8H2,1-2H3,(H,13,14);4-7,11H,3H2,1-2H3,(H,13,14)(H,15,16). The topological polar surface area (TPSA) is 122 Å². The molecular formula is C24H30N2O6. The molecule has 8 heteroatoms. The monoisotopic (exact) mass is 442 g/mol. The molecule has 0 aliphatic carbocycles. The Morgan fingerprint density at radius 3 is 1.69 bits per heavy atom. The zero-order valence-corrected chi connectivity index (χ0v) is 18.8. The van der Waals surface area contributed by atoms with Gasteiger partial charge in [0.25, 0.3) is 0 Å². The number of carbonyl (C=O) groups excluding carboxylic acids is 3. The van der Waals surface area contributed by atoms with E-state index in [1.54, 1.807) is 55.5 Å². The van der Waals surface area contributed by atoms with E-state index in [2.05, 4.69) is 10.6 Å². The van der Waals surface area contributed by atoms with Crippen LogP contribution in [-0.4, -0.2) is 35.5 Å². The largest absolute Gasteiger partial charge is 0.481 e. The highest BCUT2D eigenvalue weighted by Crippen LogP contribution is 2.21. The van der Waals surface area contributed by atoms with Crippen molar-refractivity contribution in [3.05, 3.63) is 59.7 Å². The fourth-order valence-electron chi connectivity index (χ4n) is 2.84. The third kappa shape index (κ3) is 9.88. The van der Waals surface area contributed by atoms with Gasteiger partial charge in [-0.2, -0.15) is 0 Å². The van der Waals surface area contributed by atoms with E-state index in [0.717, 1.165) is 16.8 Å². The Labute approximate surface area is 188 Å². The van der Waals surface area contributed by atoms with Gasteiger partial charge in [0.15, 0.2) is 0 Å².